The molecule has 1 heteroatoms. The molecule has 2 rings (SSSR count). The van der Waals surface area contributed by atoms with Crippen LogP contribution in [0.4, 0.5) is 0 Å². The fourth-order valence-electron chi connectivity index (χ4n) is 1.91. The van der Waals surface area contributed by atoms with E-state index in [9.17, 15) is 4.79 Å². The first-order valence-corrected chi connectivity index (χ1v) is 5.06. The minimum atomic E-state index is 0.102. The summed E-state index contributed by atoms with van der Waals surface area (Å²) >= 11 is 0. The van der Waals surface area contributed by atoms with Crippen molar-refractivity contribution in [2.24, 2.45) is 0 Å². The standard InChI is InChI=1S/C13H14O/c1-10(14)5-6-11-7-8-12-3-2-4-13(12)9-11/h5-9H,2-4H2,1H3. The van der Waals surface area contributed by atoms with Crippen LogP contribution in [-0.4, -0.2) is 5.78 Å². The monoisotopic (exact) mass is 186 g/mol. The first-order valence-electron chi connectivity index (χ1n) is 5.06. The SMILES string of the molecule is CC(=O)C=Cc1ccc2c(c1)CCC2. The third-order valence-electron chi connectivity index (χ3n) is 2.63. The third-order valence-corrected chi connectivity index (χ3v) is 2.63. The quantitative estimate of drug-likeness (QED) is 0.649. The molecule has 0 aromatic heterocycles. The van der Waals surface area contributed by atoms with E-state index >= 15 is 0 Å². The summed E-state index contributed by atoms with van der Waals surface area (Å²) in [4.78, 5) is 10.8. The molecular weight excluding hydrogens is 172 g/mol. The highest BCUT2D eigenvalue weighted by Gasteiger charge is 2.09. The summed E-state index contributed by atoms with van der Waals surface area (Å²) < 4.78 is 0. The second-order valence-corrected chi connectivity index (χ2v) is 3.83. The first kappa shape index (κ1) is 9.20. The molecule has 0 amide bonds. The molecule has 1 aliphatic rings. The van der Waals surface area contributed by atoms with Gasteiger partial charge in [-0.1, -0.05) is 24.3 Å². The lowest BCUT2D eigenvalue weighted by Crippen LogP contribution is -1.84. The van der Waals surface area contributed by atoms with Crippen LogP contribution in [0.3, 0.4) is 0 Å². The van der Waals surface area contributed by atoms with Crippen molar-refractivity contribution in [2.75, 3.05) is 0 Å². The molecule has 0 heterocycles. The van der Waals surface area contributed by atoms with E-state index in [1.165, 1.54) is 30.4 Å². The smallest absolute Gasteiger partial charge is 0.152 e. The van der Waals surface area contributed by atoms with E-state index < -0.39 is 0 Å². The van der Waals surface area contributed by atoms with Gasteiger partial charge in [0.1, 0.15) is 0 Å². The van der Waals surface area contributed by atoms with E-state index in [-0.39, 0.29) is 5.78 Å². The number of rotatable bonds is 2. The van der Waals surface area contributed by atoms with E-state index in [0.29, 0.717) is 0 Å². The maximum absolute atomic E-state index is 10.8. The van der Waals surface area contributed by atoms with Gasteiger partial charge in [-0.05, 0) is 49.0 Å². The van der Waals surface area contributed by atoms with Crippen LogP contribution in [0.25, 0.3) is 6.08 Å². The Morgan fingerprint density at radius 3 is 2.86 bits per heavy atom. The van der Waals surface area contributed by atoms with Crippen molar-refractivity contribution in [3.8, 4) is 0 Å². The molecule has 0 unspecified atom stereocenters. The zero-order valence-corrected chi connectivity index (χ0v) is 8.42. The number of carbonyl (C=O) groups excluding carboxylic acids is 1. The normalized spacial score (nSPS) is 14.6. The molecule has 0 atom stereocenters. The van der Waals surface area contributed by atoms with Crippen LogP contribution in [0.1, 0.15) is 30.0 Å². The van der Waals surface area contributed by atoms with E-state index in [0.717, 1.165) is 5.56 Å². The number of allylic oxidation sites excluding steroid dienone is 1. The average Bonchev–Trinajstić information content (AvgIpc) is 2.61. The molecule has 0 saturated carbocycles. The lowest BCUT2D eigenvalue weighted by Gasteiger charge is -1.99. The Morgan fingerprint density at radius 1 is 1.29 bits per heavy atom. The number of hydrogen-bond donors (Lipinski definition) is 0. The number of benzene rings is 1. The molecule has 0 fully saturated rings. The molecule has 1 nitrogen and oxygen atoms in total. The van der Waals surface area contributed by atoms with Crippen molar-refractivity contribution in [3.63, 3.8) is 0 Å². The van der Waals surface area contributed by atoms with Gasteiger partial charge in [-0.25, -0.2) is 0 Å². The number of ketones is 1. The number of hydrogen-bond acceptors (Lipinski definition) is 1. The van der Waals surface area contributed by atoms with Crippen molar-refractivity contribution in [2.45, 2.75) is 26.2 Å². The Hall–Kier alpha value is -1.37. The Labute approximate surface area is 84.5 Å². The molecule has 0 bridgehead atoms. The van der Waals surface area contributed by atoms with Gasteiger partial charge in [0.25, 0.3) is 0 Å². The van der Waals surface area contributed by atoms with Gasteiger partial charge in [-0.3, -0.25) is 4.79 Å². The molecule has 0 radical (unpaired) electrons. The summed E-state index contributed by atoms with van der Waals surface area (Å²) in [6.07, 6.45) is 7.19. The maximum Gasteiger partial charge on any atom is 0.152 e. The van der Waals surface area contributed by atoms with Gasteiger partial charge in [0.15, 0.2) is 5.78 Å². The van der Waals surface area contributed by atoms with Gasteiger partial charge in [0.05, 0.1) is 0 Å². The van der Waals surface area contributed by atoms with Crippen LogP contribution < -0.4 is 0 Å². The summed E-state index contributed by atoms with van der Waals surface area (Å²) in [5, 5.41) is 0. The summed E-state index contributed by atoms with van der Waals surface area (Å²) in [7, 11) is 0. The van der Waals surface area contributed by atoms with Crippen LogP contribution in [0.15, 0.2) is 24.3 Å². The second kappa shape index (κ2) is 3.79. The molecule has 0 aliphatic heterocycles. The van der Waals surface area contributed by atoms with E-state index in [1.807, 2.05) is 6.08 Å². The van der Waals surface area contributed by atoms with Crippen molar-refractivity contribution < 1.29 is 4.79 Å². The largest absolute Gasteiger partial charge is 0.295 e. The van der Waals surface area contributed by atoms with E-state index in [4.69, 9.17) is 0 Å². The van der Waals surface area contributed by atoms with Crippen molar-refractivity contribution in [1.82, 2.24) is 0 Å². The van der Waals surface area contributed by atoms with Crippen molar-refractivity contribution in [3.05, 3.63) is 41.0 Å². The van der Waals surface area contributed by atoms with Crippen LogP contribution >= 0.6 is 0 Å². The molecule has 1 aromatic carbocycles. The third kappa shape index (κ3) is 1.92. The van der Waals surface area contributed by atoms with E-state index in [2.05, 4.69) is 18.2 Å². The van der Waals surface area contributed by atoms with Crippen molar-refractivity contribution in [1.29, 1.82) is 0 Å². The predicted octanol–water partition coefficient (Wildman–Crippen LogP) is 2.78. The minimum Gasteiger partial charge on any atom is -0.295 e. The Balaban J connectivity index is 2.25. The molecule has 0 N–H and O–H groups in total. The lowest BCUT2D eigenvalue weighted by molar-refractivity contribution is -0.112. The van der Waals surface area contributed by atoms with E-state index in [1.54, 1.807) is 13.0 Å². The average molecular weight is 186 g/mol. The molecule has 0 saturated heterocycles. The fourth-order valence-corrected chi connectivity index (χ4v) is 1.91. The van der Waals surface area contributed by atoms with Gasteiger partial charge in [-0.15, -0.1) is 0 Å². The molecule has 1 aliphatic carbocycles. The van der Waals surface area contributed by atoms with Gasteiger partial charge in [0, 0.05) is 0 Å². The number of aryl methyl sites for hydroxylation is 2. The topological polar surface area (TPSA) is 17.1 Å². The molecule has 0 spiro atoms. The van der Waals surface area contributed by atoms with Crippen LogP contribution in [-0.2, 0) is 17.6 Å². The lowest BCUT2D eigenvalue weighted by atomic mass is 10.1. The Morgan fingerprint density at radius 2 is 2.07 bits per heavy atom. The zero-order valence-electron chi connectivity index (χ0n) is 8.42. The van der Waals surface area contributed by atoms with Gasteiger partial charge in [-0.2, -0.15) is 0 Å². The highest BCUT2D eigenvalue weighted by Crippen LogP contribution is 2.23. The van der Waals surface area contributed by atoms with Crippen molar-refractivity contribution >= 4 is 11.9 Å². The minimum absolute atomic E-state index is 0.102. The number of fused-ring (bicyclic) bond motifs is 1. The predicted molar refractivity (Wildman–Crippen MR) is 58.2 cm³/mol. The Bertz CT molecular complexity index is 388. The fraction of sp³-hybridized carbons (Fsp3) is 0.308. The summed E-state index contributed by atoms with van der Waals surface area (Å²) in [6, 6.07) is 6.47. The molecule has 1 aromatic rings. The number of carbonyl (C=O) groups is 1. The van der Waals surface area contributed by atoms with Crippen LogP contribution in [0, 0.1) is 0 Å². The zero-order chi connectivity index (χ0) is 9.97. The maximum atomic E-state index is 10.8. The summed E-state index contributed by atoms with van der Waals surface area (Å²) in [6.45, 7) is 1.57. The van der Waals surface area contributed by atoms with Gasteiger partial charge >= 0.3 is 0 Å². The second-order valence-electron chi connectivity index (χ2n) is 3.83. The molecular formula is C13H14O. The highest BCUT2D eigenvalue weighted by atomic mass is 16.1. The Kier molecular flexibility index (Phi) is 2.49. The summed E-state index contributed by atoms with van der Waals surface area (Å²) in [5.74, 6) is 0.102. The first-order chi connectivity index (χ1) is 6.75. The summed E-state index contributed by atoms with van der Waals surface area (Å²) in [5.41, 5.74) is 4.07. The molecule has 14 heavy (non-hydrogen) atoms. The van der Waals surface area contributed by atoms with Crippen LogP contribution in [0.5, 0.6) is 0 Å². The highest BCUT2D eigenvalue weighted by molar-refractivity contribution is 5.91. The van der Waals surface area contributed by atoms with Gasteiger partial charge in [0.2, 0.25) is 0 Å². The molecule has 72 valence electrons. The van der Waals surface area contributed by atoms with Crippen LogP contribution in [0.2, 0.25) is 0 Å². The van der Waals surface area contributed by atoms with Gasteiger partial charge < -0.3 is 0 Å².